The fraction of sp³-hybridized carbons (Fsp3) is 0.294. The summed E-state index contributed by atoms with van der Waals surface area (Å²) in [6.45, 7) is 0.0373. The first-order chi connectivity index (χ1) is 12.6. The normalized spacial score (nSPS) is 16.3. The second-order valence-corrected chi connectivity index (χ2v) is 6.94. The molecule has 1 aliphatic rings. The SMILES string of the molecule is O=C(COC(=O)[C@@H]1CCCN1C(=O)c1cccs1)Nc1cccnc1Cl. The van der Waals surface area contributed by atoms with Gasteiger partial charge in [0, 0.05) is 12.7 Å². The maximum Gasteiger partial charge on any atom is 0.329 e. The maximum absolute atomic E-state index is 12.5. The molecule has 1 atom stereocenters. The molecule has 136 valence electrons. The van der Waals surface area contributed by atoms with Gasteiger partial charge in [-0.1, -0.05) is 17.7 Å². The van der Waals surface area contributed by atoms with E-state index in [9.17, 15) is 14.4 Å². The molecule has 2 aromatic rings. The molecular formula is C17H16ClN3O4S. The Morgan fingerprint density at radius 1 is 1.35 bits per heavy atom. The van der Waals surface area contributed by atoms with Gasteiger partial charge in [-0.3, -0.25) is 9.59 Å². The topological polar surface area (TPSA) is 88.6 Å². The van der Waals surface area contributed by atoms with Crippen LogP contribution < -0.4 is 5.32 Å². The van der Waals surface area contributed by atoms with Crippen LogP contribution in [0.2, 0.25) is 5.15 Å². The largest absolute Gasteiger partial charge is 0.454 e. The predicted octanol–water partition coefficient (Wildman–Crippen LogP) is 2.58. The van der Waals surface area contributed by atoms with Crippen molar-refractivity contribution in [3.05, 3.63) is 45.9 Å². The molecule has 0 saturated carbocycles. The molecular weight excluding hydrogens is 378 g/mol. The minimum absolute atomic E-state index is 0.149. The number of amides is 2. The van der Waals surface area contributed by atoms with E-state index in [1.165, 1.54) is 22.4 Å². The van der Waals surface area contributed by atoms with Crippen molar-refractivity contribution in [1.82, 2.24) is 9.88 Å². The van der Waals surface area contributed by atoms with E-state index < -0.39 is 24.5 Å². The highest BCUT2D eigenvalue weighted by Crippen LogP contribution is 2.23. The van der Waals surface area contributed by atoms with Crippen LogP contribution in [0.1, 0.15) is 22.5 Å². The average molecular weight is 394 g/mol. The minimum Gasteiger partial charge on any atom is -0.454 e. The summed E-state index contributed by atoms with van der Waals surface area (Å²) in [5, 5.41) is 4.48. The lowest BCUT2D eigenvalue weighted by molar-refractivity contribution is -0.151. The van der Waals surface area contributed by atoms with Gasteiger partial charge < -0.3 is 15.0 Å². The number of rotatable bonds is 5. The molecule has 0 unspecified atom stereocenters. The first kappa shape index (κ1) is 18.3. The molecule has 0 bridgehead atoms. The van der Waals surface area contributed by atoms with E-state index in [1.807, 2.05) is 5.38 Å². The predicted molar refractivity (Wildman–Crippen MR) is 97.2 cm³/mol. The molecule has 1 fully saturated rings. The van der Waals surface area contributed by atoms with E-state index >= 15 is 0 Å². The zero-order valence-electron chi connectivity index (χ0n) is 13.7. The summed E-state index contributed by atoms with van der Waals surface area (Å²) in [4.78, 5) is 42.6. The number of hydrogen-bond acceptors (Lipinski definition) is 6. The highest BCUT2D eigenvalue weighted by Gasteiger charge is 2.36. The molecule has 2 amide bonds. The number of likely N-dealkylation sites (tertiary alicyclic amines) is 1. The Kier molecular flexibility index (Phi) is 5.85. The van der Waals surface area contributed by atoms with Crippen molar-refractivity contribution >= 4 is 46.4 Å². The molecule has 26 heavy (non-hydrogen) atoms. The number of carbonyl (C=O) groups is 3. The molecule has 2 aromatic heterocycles. The van der Waals surface area contributed by atoms with Gasteiger partial charge in [-0.25, -0.2) is 9.78 Å². The van der Waals surface area contributed by atoms with Gasteiger partial charge in [0.25, 0.3) is 11.8 Å². The molecule has 0 aromatic carbocycles. The first-order valence-corrected chi connectivity index (χ1v) is 9.23. The lowest BCUT2D eigenvalue weighted by Gasteiger charge is -2.22. The van der Waals surface area contributed by atoms with Crippen molar-refractivity contribution in [3.8, 4) is 0 Å². The summed E-state index contributed by atoms with van der Waals surface area (Å²) >= 11 is 7.19. The zero-order chi connectivity index (χ0) is 18.5. The number of ether oxygens (including phenoxy) is 1. The summed E-state index contributed by atoms with van der Waals surface area (Å²) in [7, 11) is 0. The fourth-order valence-electron chi connectivity index (χ4n) is 2.70. The summed E-state index contributed by atoms with van der Waals surface area (Å²) in [5.41, 5.74) is 0.339. The molecule has 3 heterocycles. The lowest BCUT2D eigenvalue weighted by atomic mass is 10.2. The van der Waals surface area contributed by atoms with Gasteiger partial charge in [0.1, 0.15) is 6.04 Å². The van der Waals surface area contributed by atoms with Crippen LogP contribution in [0.15, 0.2) is 35.8 Å². The number of nitrogens with one attached hydrogen (secondary N) is 1. The number of pyridine rings is 1. The minimum atomic E-state index is -0.667. The monoisotopic (exact) mass is 393 g/mol. The number of nitrogens with zero attached hydrogens (tertiary/aromatic N) is 2. The van der Waals surface area contributed by atoms with E-state index in [4.69, 9.17) is 16.3 Å². The molecule has 3 rings (SSSR count). The molecule has 0 radical (unpaired) electrons. The van der Waals surface area contributed by atoms with Gasteiger partial charge in [-0.15, -0.1) is 11.3 Å². The van der Waals surface area contributed by atoms with Crippen LogP contribution in [-0.2, 0) is 14.3 Å². The molecule has 0 aliphatic carbocycles. The number of aromatic nitrogens is 1. The Morgan fingerprint density at radius 3 is 2.92 bits per heavy atom. The van der Waals surface area contributed by atoms with Gasteiger partial charge in [0.15, 0.2) is 11.8 Å². The number of anilines is 1. The van der Waals surface area contributed by atoms with Crippen molar-refractivity contribution in [2.45, 2.75) is 18.9 Å². The van der Waals surface area contributed by atoms with Crippen LogP contribution in [0, 0.1) is 0 Å². The second kappa shape index (κ2) is 8.29. The molecule has 1 N–H and O–H groups in total. The maximum atomic E-state index is 12.5. The number of thiophene rings is 1. The van der Waals surface area contributed by atoms with Crippen molar-refractivity contribution in [2.75, 3.05) is 18.5 Å². The Hall–Kier alpha value is -2.45. The Labute approximate surface area is 158 Å². The smallest absolute Gasteiger partial charge is 0.329 e. The summed E-state index contributed by atoms with van der Waals surface area (Å²) in [6.07, 6.45) is 2.73. The van der Waals surface area contributed by atoms with E-state index in [2.05, 4.69) is 10.3 Å². The average Bonchev–Trinajstić information content (AvgIpc) is 3.33. The standard InChI is InChI=1S/C17H16ClN3O4S/c18-15-11(4-1-7-19-15)20-14(22)10-25-17(24)12-5-2-8-21(12)16(23)13-6-3-9-26-13/h1,3-4,6-7,9,12H,2,5,8,10H2,(H,20,22)/t12-/m0/s1. The van der Waals surface area contributed by atoms with Crippen molar-refractivity contribution in [2.24, 2.45) is 0 Å². The first-order valence-electron chi connectivity index (χ1n) is 7.97. The van der Waals surface area contributed by atoms with Crippen LogP contribution >= 0.6 is 22.9 Å². The van der Waals surface area contributed by atoms with Crippen LogP contribution in [0.3, 0.4) is 0 Å². The number of halogens is 1. The highest BCUT2D eigenvalue weighted by atomic mass is 35.5. The number of hydrogen-bond donors (Lipinski definition) is 1. The van der Waals surface area contributed by atoms with Gasteiger partial charge in [0.2, 0.25) is 0 Å². The molecule has 7 nitrogen and oxygen atoms in total. The summed E-state index contributed by atoms with van der Waals surface area (Å²) in [5.74, 6) is -1.30. The third-order valence-electron chi connectivity index (χ3n) is 3.90. The molecule has 1 aliphatic heterocycles. The molecule has 9 heteroatoms. The van der Waals surface area contributed by atoms with Gasteiger partial charge in [0.05, 0.1) is 10.6 Å². The van der Waals surface area contributed by atoms with E-state index in [0.717, 1.165) is 0 Å². The van der Waals surface area contributed by atoms with E-state index in [0.29, 0.717) is 30.0 Å². The van der Waals surface area contributed by atoms with Crippen LogP contribution in [0.4, 0.5) is 5.69 Å². The third-order valence-corrected chi connectivity index (χ3v) is 5.06. The quantitative estimate of drug-likeness (QED) is 0.623. The Morgan fingerprint density at radius 2 is 2.19 bits per heavy atom. The van der Waals surface area contributed by atoms with E-state index in [1.54, 1.807) is 24.3 Å². The van der Waals surface area contributed by atoms with Crippen molar-refractivity contribution < 1.29 is 19.1 Å². The second-order valence-electron chi connectivity index (χ2n) is 5.63. The molecule has 1 saturated heterocycles. The third kappa shape index (κ3) is 4.20. The summed E-state index contributed by atoms with van der Waals surface area (Å²) in [6, 6.07) is 6.06. The highest BCUT2D eigenvalue weighted by molar-refractivity contribution is 7.12. The lowest BCUT2D eigenvalue weighted by Crippen LogP contribution is -2.41. The Bertz CT molecular complexity index is 812. The van der Waals surface area contributed by atoms with Crippen molar-refractivity contribution in [3.63, 3.8) is 0 Å². The molecule has 0 spiro atoms. The van der Waals surface area contributed by atoms with E-state index in [-0.39, 0.29) is 11.1 Å². The number of carbonyl (C=O) groups excluding carboxylic acids is 3. The summed E-state index contributed by atoms with van der Waals surface area (Å²) < 4.78 is 5.09. The zero-order valence-corrected chi connectivity index (χ0v) is 15.3. The number of esters is 1. The van der Waals surface area contributed by atoms with Crippen molar-refractivity contribution in [1.29, 1.82) is 0 Å². The van der Waals surface area contributed by atoms with Gasteiger partial charge >= 0.3 is 5.97 Å². The Balaban J connectivity index is 1.55. The van der Waals surface area contributed by atoms with Crippen LogP contribution in [0.25, 0.3) is 0 Å². The van der Waals surface area contributed by atoms with Crippen LogP contribution in [-0.4, -0.2) is 46.9 Å². The van der Waals surface area contributed by atoms with Crippen LogP contribution in [0.5, 0.6) is 0 Å². The van der Waals surface area contributed by atoms with Gasteiger partial charge in [-0.2, -0.15) is 0 Å². The fourth-order valence-corrected chi connectivity index (χ4v) is 3.54. The van der Waals surface area contributed by atoms with Gasteiger partial charge in [-0.05, 0) is 36.4 Å².